The molecule has 0 aliphatic heterocycles. The lowest BCUT2D eigenvalue weighted by Crippen LogP contribution is -2.12. The van der Waals surface area contributed by atoms with Crippen molar-refractivity contribution in [3.8, 4) is 0 Å². The molecule has 19 heavy (non-hydrogen) atoms. The first-order valence-electron chi connectivity index (χ1n) is 7.19. The van der Waals surface area contributed by atoms with Crippen molar-refractivity contribution in [1.29, 1.82) is 0 Å². The summed E-state index contributed by atoms with van der Waals surface area (Å²) in [6.45, 7) is 0.745. The summed E-state index contributed by atoms with van der Waals surface area (Å²) in [5, 5.41) is 0. The Hall–Kier alpha value is -1.60. The van der Waals surface area contributed by atoms with Crippen LogP contribution in [-0.2, 0) is 6.42 Å². The summed E-state index contributed by atoms with van der Waals surface area (Å²) >= 11 is 0. The molecule has 0 unspecified atom stereocenters. The van der Waals surface area contributed by atoms with Crippen LogP contribution < -0.4 is 5.73 Å². The molecule has 1 nitrogen and oxygen atoms in total. The van der Waals surface area contributed by atoms with E-state index in [4.69, 9.17) is 5.73 Å². The molecule has 1 heteroatoms. The van der Waals surface area contributed by atoms with Crippen LogP contribution in [0.15, 0.2) is 60.7 Å². The fourth-order valence-electron chi connectivity index (χ4n) is 2.51. The Kier molecular flexibility index (Phi) is 5.64. The first-order chi connectivity index (χ1) is 9.40. The molecule has 100 valence electrons. The molecule has 2 aromatic rings. The standard InChI is InChI=1S/C18H23N/c19-15-18(17-12-5-2-6-13-17)14-8-7-11-16-9-3-1-4-10-16/h1-6,9-10,12-13,18H,7-8,11,14-15,19H2/t18-/m0/s1. The van der Waals surface area contributed by atoms with E-state index in [1.807, 2.05) is 0 Å². The van der Waals surface area contributed by atoms with E-state index in [1.54, 1.807) is 0 Å². The van der Waals surface area contributed by atoms with Crippen molar-refractivity contribution in [2.75, 3.05) is 6.54 Å². The molecule has 0 amide bonds. The van der Waals surface area contributed by atoms with Crippen LogP contribution in [0.4, 0.5) is 0 Å². The summed E-state index contributed by atoms with van der Waals surface area (Å²) in [5.41, 5.74) is 8.71. The van der Waals surface area contributed by atoms with Crippen LogP contribution in [0, 0.1) is 0 Å². The Morgan fingerprint density at radius 2 is 1.42 bits per heavy atom. The highest BCUT2D eigenvalue weighted by molar-refractivity contribution is 5.19. The van der Waals surface area contributed by atoms with Crippen molar-refractivity contribution in [2.45, 2.75) is 31.6 Å². The van der Waals surface area contributed by atoms with Crippen LogP contribution in [0.3, 0.4) is 0 Å². The van der Waals surface area contributed by atoms with E-state index in [0.29, 0.717) is 5.92 Å². The van der Waals surface area contributed by atoms with Gasteiger partial charge >= 0.3 is 0 Å². The van der Waals surface area contributed by atoms with Crippen molar-refractivity contribution < 1.29 is 0 Å². The predicted octanol–water partition coefficient (Wildman–Crippen LogP) is 4.14. The number of benzene rings is 2. The zero-order valence-electron chi connectivity index (χ0n) is 11.5. The number of hydrogen-bond donors (Lipinski definition) is 1. The minimum absolute atomic E-state index is 0.511. The molecule has 2 aromatic carbocycles. The molecule has 0 saturated heterocycles. The molecular weight excluding hydrogens is 230 g/mol. The lowest BCUT2D eigenvalue weighted by molar-refractivity contribution is 0.577. The number of hydrogen-bond acceptors (Lipinski definition) is 1. The van der Waals surface area contributed by atoms with E-state index in [2.05, 4.69) is 60.7 Å². The summed E-state index contributed by atoms with van der Waals surface area (Å²) in [6.07, 6.45) is 4.85. The molecule has 0 spiro atoms. The van der Waals surface area contributed by atoms with Gasteiger partial charge in [-0.05, 0) is 42.9 Å². The fraction of sp³-hybridized carbons (Fsp3) is 0.333. The summed E-state index contributed by atoms with van der Waals surface area (Å²) in [6, 6.07) is 21.3. The highest BCUT2D eigenvalue weighted by Crippen LogP contribution is 2.21. The van der Waals surface area contributed by atoms with Gasteiger partial charge < -0.3 is 5.73 Å². The van der Waals surface area contributed by atoms with E-state index in [0.717, 1.165) is 6.54 Å². The summed E-state index contributed by atoms with van der Waals surface area (Å²) in [7, 11) is 0. The average molecular weight is 253 g/mol. The van der Waals surface area contributed by atoms with Gasteiger partial charge in [0, 0.05) is 0 Å². The van der Waals surface area contributed by atoms with E-state index >= 15 is 0 Å². The number of unbranched alkanes of at least 4 members (excludes halogenated alkanes) is 1. The van der Waals surface area contributed by atoms with Crippen molar-refractivity contribution in [3.05, 3.63) is 71.8 Å². The minimum Gasteiger partial charge on any atom is -0.330 e. The monoisotopic (exact) mass is 253 g/mol. The van der Waals surface area contributed by atoms with Crippen LogP contribution in [0.25, 0.3) is 0 Å². The summed E-state index contributed by atoms with van der Waals surface area (Å²) < 4.78 is 0. The number of nitrogens with two attached hydrogens (primary N) is 1. The van der Waals surface area contributed by atoms with Crippen LogP contribution >= 0.6 is 0 Å². The van der Waals surface area contributed by atoms with Gasteiger partial charge in [-0.3, -0.25) is 0 Å². The van der Waals surface area contributed by atoms with Gasteiger partial charge in [-0.25, -0.2) is 0 Å². The van der Waals surface area contributed by atoms with Gasteiger partial charge in [0.25, 0.3) is 0 Å². The Morgan fingerprint density at radius 3 is 2.05 bits per heavy atom. The topological polar surface area (TPSA) is 26.0 Å². The van der Waals surface area contributed by atoms with E-state index < -0.39 is 0 Å². The van der Waals surface area contributed by atoms with E-state index in [-0.39, 0.29) is 0 Å². The Balaban J connectivity index is 1.75. The molecule has 0 aromatic heterocycles. The Bertz CT molecular complexity index is 450. The normalized spacial score (nSPS) is 12.3. The molecule has 2 rings (SSSR count). The third-order valence-corrected chi connectivity index (χ3v) is 3.67. The quantitative estimate of drug-likeness (QED) is 0.737. The first kappa shape index (κ1) is 13.8. The number of aryl methyl sites for hydroxylation is 1. The smallest absolute Gasteiger partial charge is 0.000824 e. The van der Waals surface area contributed by atoms with Gasteiger partial charge in [0.2, 0.25) is 0 Å². The predicted molar refractivity (Wildman–Crippen MR) is 82.2 cm³/mol. The van der Waals surface area contributed by atoms with Crippen LogP contribution in [0.5, 0.6) is 0 Å². The molecule has 0 heterocycles. The maximum atomic E-state index is 5.90. The van der Waals surface area contributed by atoms with Crippen molar-refractivity contribution >= 4 is 0 Å². The minimum atomic E-state index is 0.511. The highest BCUT2D eigenvalue weighted by Gasteiger charge is 2.08. The van der Waals surface area contributed by atoms with Crippen molar-refractivity contribution in [3.63, 3.8) is 0 Å². The lowest BCUT2D eigenvalue weighted by Gasteiger charge is -2.14. The van der Waals surface area contributed by atoms with Crippen molar-refractivity contribution in [2.24, 2.45) is 5.73 Å². The van der Waals surface area contributed by atoms with Gasteiger partial charge in [0.15, 0.2) is 0 Å². The molecule has 0 aliphatic carbocycles. The third kappa shape index (κ3) is 4.53. The molecule has 0 aliphatic rings. The second-order valence-corrected chi connectivity index (χ2v) is 5.07. The SMILES string of the molecule is NC[C@H](CCCCc1ccccc1)c1ccccc1. The van der Waals surface area contributed by atoms with Gasteiger partial charge in [-0.2, -0.15) is 0 Å². The van der Waals surface area contributed by atoms with E-state index in [9.17, 15) is 0 Å². The molecule has 0 bridgehead atoms. The Morgan fingerprint density at radius 1 is 0.789 bits per heavy atom. The molecule has 0 fully saturated rings. The van der Waals surface area contributed by atoms with Gasteiger partial charge in [0.05, 0.1) is 0 Å². The van der Waals surface area contributed by atoms with E-state index in [1.165, 1.54) is 36.8 Å². The molecule has 1 atom stereocenters. The second kappa shape index (κ2) is 7.75. The largest absolute Gasteiger partial charge is 0.330 e. The Labute approximate surface area is 116 Å². The molecule has 2 N–H and O–H groups in total. The molecule has 0 saturated carbocycles. The third-order valence-electron chi connectivity index (χ3n) is 3.67. The van der Waals surface area contributed by atoms with Crippen molar-refractivity contribution in [1.82, 2.24) is 0 Å². The maximum absolute atomic E-state index is 5.90. The zero-order chi connectivity index (χ0) is 13.3. The maximum Gasteiger partial charge on any atom is -0.000824 e. The average Bonchev–Trinajstić information content (AvgIpc) is 2.49. The lowest BCUT2D eigenvalue weighted by atomic mass is 9.93. The van der Waals surface area contributed by atoms with Gasteiger partial charge in [-0.15, -0.1) is 0 Å². The van der Waals surface area contributed by atoms with Crippen LogP contribution in [-0.4, -0.2) is 6.54 Å². The van der Waals surface area contributed by atoms with Gasteiger partial charge in [-0.1, -0.05) is 67.1 Å². The summed E-state index contributed by atoms with van der Waals surface area (Å²) in [5.74, 6) is 0.511. The highest BCUT2D eigenvalue weighted by atomic mass is 14.5. The van der Waals surface area contributed by atoms with Crippen LogP contribution in [0.1, 0.15) is 36.3 Å². The fourth-order valence-corrected chi connectivity index (χ4v) is 2.51. The first-order valence-corrected chi connectivity index (χ1v) is 7.19. The second-order valence-electron chi connectivity index (χ2n) is 5.07. The molecular formula is C18H23N. The zero-order valence-corrected chi connectivity index (χ0v) is 11.5. The molecule has 0 radical (unpaired) electrons. The summed E-state index contributed by atoms with van der Waals surface area (Å²) in [4.78, 5) is 0. The van der Waals surface area contributed by atoms with Crippen LogP contribution in [0.2, 0.25) is 0 Å². The number of rotatable bonds is 7. The van der Waals surface area contributed by atoms with Gasteiger partial charge in [0.1, 0.15) is 0 Å².